The number of halogens is 1. The van der Waals surface area contributed by atoms with Gasteiger partial charge in [0, 0.05) is 37.6 Å². The quantitative estimate of drug-likeness (QED) is 0.239. The lowest BCUT2D eigenvalue weighted by molar-refractivity contribution is 0.609. The lowest BCUT2D eigenvalue weighted by Crippen LogP contribution is -2.42. The van der Waals surface area contributed by atoms with E-state index in [1.165, 1.54) is 19.3 Å². The van der Waals surface area contributed by atoms with E-state index < -0.39 is 0 Å². The zero-order valence-electron chi connectivity index (χ0n) is 14.6. The van der Waals surface area contributed by atoms with Crippen LogP contribution < -0.4 is 16.0 Å². The summed E-state index contributed by atoms with van der Waals surface area (Å²) in [5.74, 6) is 1.89. The lowest BCUT2D eigenvalue weighted by Gasteiger charge is -2.17. The standard InChI is InChI=1S/C17H29N5S.HI/c1-18-17(22-14-8-9-15(13-14)23-2)21-12-6-5-11-20-16-7-3-4-10-19-16;/h3-4,7,10,14-15H,5-6,8-9,11-13H2,1-2H3,(H,19,20)(H2,18,21,22);1H. The number of guanidine groups is 1. The van der Waals surface area contributed by atoms with Gasteiger partial charge in [-0.15, -0.1) is 24.0 Å². The smallest absolute Gasteiger partial charge is 0.191 e. The Bertz CT molecular complexity index is 471. The van der Waals surface area contributed by atoms with Gasteiger partial charge in [0.25, 0.3) is 0 Å². The number of anilines is 1. The molecule has 0 bridgehead atoms. The summed E-state index contributed by atoms with van der Waals surface area (Å²) in [5.41, 5.74) is 0. The topological polar surface area (TPSA) is 61.3 Å². The van der Waals surface area contributed by atoms with Gasteiger partial charge in [0.1, 0.15) is 5.82 Å². The van der Waals surface area contributed by atoms with Gasteiger partial charge in [-0.25, -0.2) is 4.98 Å². The Balaban J connectivity index is 0.00000288. The number of hydrogen-bond acceptors (Lipinski definition) is 4. The summed E-state index contributed by atoms with van der Waals surface area (Å²) < 4.78 is 0. The van der Waals surface area contributed by atoms with E-state index >= 15 is 0 Å². The van der Waals surface area contributed by atoms with Gasteiger partial charge in [-0.1, -0.05) is 6.07 Å². The Morgan fingerprint density at radius 3 is 2.79 bits per heavy atom. The van der Waals surface area contributed by atoms with Gasteiger partial charge in [0.2, 0.25) is 0 Å². The minimum Gasteiger partial charge on any atom is -0.370 e. The first-order chi connectivity index (χ1) is 11.3. The summed E-state index contributed by atoms with van der Waals surface area (Å²) in [6, 6.07) is 6.49. The van der Waals surface area contributed by atoms with E-state index in [4.69, 9.17) is 0 Å². The third-order valence-corrected chi connectivity index (χ3v) is 5.24. The number of thioether (sulfide) groups is 1. The van der Waals surface area contributed by atoms with E-state index in [0.29, 0.717) is 6.04 Å². The number of nitrogens with one attached hydrogen (secondary N) is 3. The minimum absolute atomic E-state index is 0. The van der Waals surface area contributed by atoms with Crippen LogP contribution in [0, 0.1) is 0 Å². The molecule has 2 unspecified atom stereocenters. The second kappa shape index (κ2) is 12.6. The molecule has 0 aromatic carbocycles. The summed E-state index contributed by atoms with van der Waals surface area (Å²) in [6.45, 7) is 1.89. The average Bonchev–Trinajstić information content (AvgIpc) is 3.05. The molecule has 0 spiro atoms. The van der Waals surface area contributed by atoms with Gasteiger partial charge in [-0.2, -0.15) is 11.8 Å². The highest BCUT2D eigenvalue weighted by atomic mass is 127. The van der Waals surface area contributed by atoms with Crippen LogP contribution in [-0.2, 0) is 0 Å². The maximum Gasteiger partial charge on any atom is 0.191 e. The monoisotopic (exact) mass is 463 g/mol. The molecule has 1 saturated carbocycles. The van der Waals surface area contributed by atoms with Crippen molar-refractivity contribution in [2.75, 3.05) is 31.7 Å². The first kappa shape index (κ1) is 21.3. The molecule has 7 heteroatoms. The van der Waals surface area contributed by atoms with Crippen LogP contribution in [0.4, 0.5) is 5.82 Å². The number of nitrogens with zero attached hydrogens (tertiary/aromatic N) is 2. The lowest BCUT2D eigenvalue weighted by atomic mass is 10.2. The Morgan fingerprint density at radius 1 is 1.29 bits per heavy atom. The molecule has 0 amide bonds. The second-order valence-electron chi connectivity index (χ2n) is 5.86. The zero-order valence-corrected chi connectivity index (χ0v) is 17.8. The highest BCUT2D eigenvalue weighted by Crippen LogP contribution is 2.27. The van der Waals surface area contributed by atoms with Gasteiger partial charge in [-0.05, 0) is 50.5 Å². The molecule has 1 aromatic heterocycles. The number of aromatic nitrogens is 1. The van der Waals surface area contributed by atoms with E-state index in [-0.39, 0.29) is 24.0 Å². The first-order valence-electron chi connectivity index (χ1n) is 8.46. The minimum atomic E-state index is 0. The van der Waals surface area contributed by atoms with Crippen molar-refractivity contribution in [3.8, 4) is 0 Å². The van der Waals surface area contributed by atoms with Crippen molar-refractivity contribution in [2.24, 2.45) is 4.99 Å². The van der Waals surface area contributed by atoms with Crippen LogP contribution in [0.15, 0.2) is 29.4 Å². The van der Waals surface area contributed by atoms with Crippen molar-refractivity contribution in [3.05, 3.63) is 24.4 Å². The zero-order chi connectivity index (χ0) is 16.3. The number of rotatable bonds is 8. The van der Waals surface area contributed by atoms with Crippen LogP contribution in [0.2, 0.25) is 0 Å². The highest BCUT2D eigenvalue weighted by Gasteiger charge is 2.24. The SMILES string of the molecule is CN=C(NCCCCNc1ccccn1)NC1CCC(SC)C1.I. The molecule has 1 heterocycles. The maximum atomic E-state index is 4.33. The predicted octanol–water partition coefficient (Wildman–Crippen LogP) is 3.34. The van der Waals surface area contributed by atoms with Crippen LogP contribution in [0.25, 0.3) is 0 Å². The average molecular weight is 463 g/mol. The number of hydrogen-bond donors (Lipinski definition) is 3. The van der Waals surface area contributed by atoms with Crippen molar-refractivity contribution < 1.29 is 0 Å². The van der Waals surface area contributed by atoms with Crippen LogP contribution >= 0.6 is 35.7 Å². The van der Waals surface area contributed by atoms with E-state index in [1.807, 2.05) is 43.2 Å². The maximum absolute atomic E-state index is 4.33. The number of aliphatic imine (C=N–C) groups is 1. The van der Waals surface area contributed by atoms with Gasteiger partial charge in [0.05, 0.1) is 0 Å². The van der Waals surface area contributed by atoms with Crippen molar-refractivity contribution in [3.63, 3.8) is 0 Å². The molecule has 0 radical (unpaired) electrons. The third-order valence-electron chi connectivity index (χ3n) is 4.15. The van der Waals surface area contributed by atoms with E-state index in [2.05, 4.69) is 32.2 Å². The van der Waals surface area contributed by atoms with Crippen molar-refractivity contribution in [1.29, 1.82) is 0 Å². The molecule has 2 rings (SSSR count). The van der Waals surface area contributed by atoms with Crippen molar-refractivity contribution in [2.45, 2.75) is 43.4 Å². The largest absolute Gasteiger partial charge is 0.370 e. The summed E-state index contributed by atoms with van der Waals surface area (Å²) >= 11 is 1.98. The van der Waals surface area contributed by atoms with Crippen LogP contribution in [0.3, 0.4) is 0 Å². The number of pyridine rings is 1. The number of unbranched alkanes of at least 4 members (excludes halogenated alkanes) is 1. The Morgan fingerprint density at radius 2 is 2.12 bits per heavy atom. The van der Waals surface area contributed by atoms with Gasteiger partial charge < -0.3 is 16.0 Å². The summed E-state index contributed by atoms with van der Waals surface area (Å²) in [6.07, 6.45) is 10.0. The van der Waals surface area contributed by atoms with Crippen LogP contribution in [-0.4, -0.2) is 48.6 Å². The summed E-state index contributed by atoms with van der Waals surface area (Å²) in [4.78, 5) is 8.58. The summed E-state index contributed by atoms with van der Waals surface area (Å²) in [7, 11) is 1.85. The third kappa shape index (κ3) is 7.92. The first-order valence-corrected chi connectivity index (χ1v) is 9.75. The van der Waals surface area contributed by atoms with E-state index in [1.54, 1.807) is 0 Å². The second-order valence-corrected chi connectivity index (χ2v) is 7.00. The highest BCUT2D eigenvalue weighted by molar-refractivity contribution is 14.0. The van der Waals surface area contributed by atoms with Gasteiger partial charge in [0.15, 0.2) is 5.96 Å². The molecule has 2 atom stereocenters. The molecule has 1 aromatic rings. The molecular formula is C17H30IN5S. The molecule has 3 N–H and O–H groups in total. The molecule has 1 aliphatic rings. The van der Waals surface area contributed by atoms with E-state index in [9.17, 15) is 0 Å². The molecule has 1 fully saturated rings. The van der Waals surface area contributed by atoms with Crippen molar-refractivity contribution >= 4 is 47.5 Å². The molecule has 0 saturated heterocycles. The predicted molar refractivity (Wildman–Crippen MR) is 117 cm³/mol. The fourth-order valence-corrected chi connectivity index (χ4v) is 3.61. The Kier molecular flexibility index (Phi) is 11.2. The Labute approximate surface area is 167 Å². The van der Waals surface area contributed by atoms with E-state index in [0.717, 1.165) is 43.0 Å². The molecule has 5 nitrogen and oxygen atoms in total. The molecule has 136 valence electrons. The molecule has 0 aliphatic heterocycles. The van der Waals surface area contributed by atoms with Gasteiger partial charge >= 0.3 is 0 Å². The summed E-state index contributed by atoms with van der Waals surface area (Å²) in [5, 5.41) is 11.1. The fourth-order valence-electron chi connectivity index (χ4n) is 2.81. The normalized spacial score (nSPS) is 20.3. The van der Waals surface area contributed by atoms with Crippen LogP contribution in [0.5, 0.6) is 0 Å². The molecule has 1 aliphatic carbocycles. The van der Waals surface area contributed by atoms with Crippen molar-refractivity contribution in [1.82, 2.24) is 15.6 Å². The van der Waals surface area contributed by atoms with Gasteiger partial charge in [-0.3, -0.25) is 4.99 Å². The fraction of sp³-hybridized carbons (Fsp3) is 0.647. The molecule has 24 heavy (non-hydrogen) atoms. The van der Waals surface area contributed by atoms with Crippen LogP contribution in [0.1, 0.15) is 32.1 Å². The molecular weight excluding hydrogens is 433 g/mol. The Hall–Kier alpha value is -0.700.